The molecule has 0 spiro atoms. The Morgan fingerprint density at radius 1 is 1.37 bits per heavy atom. The molecule has 0 saturated heterocycles. The van der Waals surface area contributed by atoms with Gasteiger partial charge in [0.1, 0.15) is 5.69 Å². The van der Waals surface area contributed by atoms with E-state index in [1.807, 2.05) is 0 Å². The van der Waals surface area contributed by atoms with Crippen LogP contribution < -0.4 is 0 Å². The molecular weight excluding hydrogens is 283 g/mol. The van der Waals surface area contributed by atoms with E-state index in [9.17, 15) is 13.2 Å². The second kappa shape index (κ2) is 4.82. The van der Waals surface area contributed by atoms with E-state index in [4.69, 9.17) is 16.7 Å². The first kappa shape index (κ1) is 13.8. The van der Waals surface area contributed by atoms with Crippen molar-refractivity contribution < 1.29 is 18.3 Å². The number of aromatic nitrogens is 3. The Labute approximate surface area is 111 Å². The number of alkyl halides is 3. The van der Waals surface area contributed by atoms with Crippen LogP contribution in [0, 0.1) is 6.92 Å². The second-order valence-electron chi connectivity index (χ2n) is 3.88. The molecule has 0 bridgehead atoms. The topological polar surface area (TPSA) is 50.9 Å². The highest BCUT2D eigenvalue weighted by Gasteiger charge is 2.39. The third-order valence-corrected chi connectivity index (χ3v) is 2.78. The minimum atomic E-state index is -4.66. The molecule has 2 rings (SSSR count). The molecule has 0 amide bonds. The van der Waals surface area contributed by atoms with E-state index in [2.05, 4.69) is 10.3 Å². The summed E-state index contributed by atoms with van der Waals surface area (Å²) in [6, 6.07) is 4.41. The van der Waals surface area contributed by atoms with Gasteiger partial charge in [-0.05, 0) is 30.7 Å². The molecular formula is C11H9ClF3N3O. The molecule has 2 aromatic rings. The minimum absolute atomic E-state index is 0.212. The molecule has 0 fully saturated rings. The van der Waals surface area contributed by atoms with Gasteiger partial charge in [-0.3, -0.25) is 0 Å². The molecule has 4 nitrogen and oxygen atoms in total. The molecule has 1 aromatic heterocycles. The standard InChI is InChI=1S/C11H9ClF3N3O/c1-6-4-7(12)2-3-9(6)18-10(11(13,14)15)8(5-19)16-17-18/h2-4,19H,5H2,1H3. The zero-order valence-corrected chi connectivity index (χ0v) is 10.5. The average Bonchev–Trinajstić information content (AvgIpc) is 2.72. The highest BCUT2D eigenvalue weighted by atomic mass is 35.5. The maximum atomic E-state index is 13.0. The SMILES string of the molecule is Cc1cc(Cl)ccc1-n1nnc(CO)c1C(F)(F)F. The van der Waals surface area contributed by atoms with Gasteiger partial charge in [-0.1, -0.05) is 16.8 Å². The van der Waals surface area contributed by atoms with Gasteiger partial charge in [-0.2, -0.15) is 13.2 Å². The molecule has 102 valence electrons. The van der Waals surface area contributed by atoms with Crippen molar-refractivity contribution in [3.8, 4) is 5.69 Å². The lowest BCUT2D eigenvalue weighted by Gasteiger charge is -2.12. The predicted octanol–water partition coefficient (Wildman–Crippen LogP) is 2.74. The van der Waals surface area contributed by atoms with Gasteiger partial charge in [0.05, 0.1) is 12.3 Å². The van der Waals surface area contributed by atoms with Crippen molar-refractivity contribution in [1.29, 1.82) is 0 Å². The molecule has 1 heterocycles. The van der Waals surface area contributed by atoms with Crippen molar-refractivity contribution in [3.05, 3.63) is 40.2 Å². The maximum Gasteiger partial charge on any atom is 0.435 e. The fourth-order valence-electron chi connectivity index (χ4n) is 1.73. The lowest BCUT2D eigenvalue weighted by molar-refractivity contribution is -0.143. The van der Waals surface area contributed by atoms with E-state index < -0.39 is 24.2 Å². The van der Waals surface area contributed by atoms with Gasteiger partial charge < -0.3 is 5.11 Å². The molecule has 19 heavy (non-hydrogen) atoms. The Balaban J connectivity index is 2.66. The zero-order chi connectivity index (χ0) is 14.2. The lowest BCUT2D eigenvalue weighted by atomic mass is 10.2. The molecule has 0 saturated carbocycles. The van der Waals surface area contributed by atoms with Crippen molar-refractivity contribution in [2.24, 2.45) is 0 Å². The summed E-state index contributed by atoms with van der Waals surface area (Å²) in [6.07, 6.45) is -4.66. The maximum absolute atomic E-state index is 13.0. The molecule has 0 unspecified atom stereocenters. The van der Waals surface area contributed by atoms with Crippen LogP contribution in [-0.4, -0.2) is 20.1 Å². The molecule has 0 aliphatic heterocycles. The highest BCUT2D eigenvalue weighted by molar-refractivity contribution is 6.30. The van der Waals surface area contributed by atoms with Crippen molar-refractivity contribution in [2.75, 3.05) is 0 Å². The number of rotatable bonds is 2. The van der Waals surface area contributed by atoms with Crippen LogP contribution in [0.2, 0.25) is 5.02 Å². The predicted molar refractivity (Wildman–Crippen MR) is 62.0 cm³/mol. The molecule has 1 N–H and O–H groups in total. The Morgan fingerprint density at radius 3 is 2.58 bits per heavy atom. The van der Waals surface area contributed by atoms with Crippen LogP contribution in [0.4, 0.5) is 13.2 Å². The Kier molecular flexibility index (Phi) is 3.51. The number of halogens is 4. The number of benzene rings is 1. The molecule has 0 aliphatic rings. The van der Waals surface area contributed by atoms with E-state index in [0.717, 1.165) is 0 Å². The second-order valence-corrected chi connectivity index (χ2v) is 4.32. The van der Waals surface area contributed by atoms with Crippen molar-refractivity contribution in [1.82, 2.24) is 15.0 Å². The monoisotopic (exact) mass is 291 g/mol. The van der Waals surface area contributed by atoms with Crippen LogP contribution in [0.3, 0.4) is 0 Å². The van der Waals surface area contributed by atoms with Crippen LogP contribution in [0.5, 0.6) is 0 Å². The first-order valence-electron chi connectivity index (χ1n) is 5.23. The van der Waals surface area contributed by atoms with Crippen LogP contribution in [0.25, 0.3) is 5.69 Å². The van der Waals surface area contributed by atoms with Gasteiger partial charge in [-0.15, -0.1) is 5.10 Å². The first-order chi connectivity index (χ1) is 8.84. The summed E-state index contributed by atoms with van der Waals surface area (Å²) in [5.74, 6) is 0. The van der Waals surface area contributed by atoms with E-state index in [0.29, 0.717) is 15.3 Å². The number of aliphatic hydroxyl groups is 1. The minimum Gasteiger partial charge on any atom is -0.390 e. The zero-order valence-electron chi connectivity index (χ0n) is 9.74. The fraction of sp³-hybridized carbons (Fsp3) is 0.273. The summed E-state index contributed by atoms with van der Waals surface area (Å²) in [5, 5.41) is 16.1. The summed E-state index contributed by atoms with van der Waals surface area (Å²) in [4.78, 5) is 0. The molecule has 0 atom stereocenters. The summed E-state index contributed by atoms with van der Waals surface area (Å²) >= 11 is 5.76. The van der Waals surface area contributed by atoms with Crippen LogP contribution in [0.15, 0.2) is 18.2 Å². The third-order valence-electron chi connectivity index (χ3n) is 2.55. The Bertz CT molecular complexity index is 610. The first-order valence-corrected chi connectivity index (χ1v) is 5.61. The fourth-order valence-corrected chi connectivity index (χ4v) is 1.96. The lowest BCUT2D eigenvalue weighted by Crippen LogP contribution is -2.16. The summed E-state index contributed by atoms with van der Waals surface area (Å²) in [5.41, 5.74) is -0.862. The highest BCUT2D eigenvalue weighted by Crippen LogP contribution is 2.33. The van der Waals surface area contributed by atoms with Crippen molar-refractivity contribution in [3.63, 3.8) is 0 Å². The van der Waals surface area contributed by atoms with Gasteiger partial charge in [-0.25, -0.2) is 4.68 Å². The Morgan fingerprint density at radius 2 is 2.05 bits per heavy atom. The van der Waals surface area contributed by atoms with E-state index >= 15 is 0 Å². The van der Waals surface area contributed by atoms with Crippen LogP contribution in [-0.2, 0) is 12.8 Å². The Hall–Kier alpha value is -1.60. The normalized spacial score (nSPS) is 11.9. The van der Waals surface area contributed by atoms with Crippen molar-refractivity contribution in [2.45, 2.75) is 19.7 Å². The smallest absolute Gasteiger partial charge is 0.390 e. The van der Waals surface area contributed by atoms with Crippen LogP contribution in [0.1, 0.15) is 17.0 Å². The average molecular weight is 292 g/mol. The quantitative estimate of drug-likeness (QED) is 0.925. The number of hydrogen-bond donors (Lipinski definition) is 1. The molecule has 0 aliphatic carbocycles. The van der Waals surface area contributed by atoms with Gasteiger partial charge >= 0.3 is 6.18 Å². The van der Waals surface area contributed by atoms with Crippen LogP contribution >= 0.6 is 11.6 Å². The third kappa shape index (κ3) is 2.57. The molecule has 8 heteroatoms. The van der Waals surface area contributed by atoms with Gasteiger partial charge in [0.2, 0.25) is 0 Å². The largest absolute Gasteiger partial charge is 0.435 e. The number of hydrogen-bond acceptors (Lipinski definition) is 3. The van der Waals surface area contributed by atoms with Crippen molar-refractivity contribution >= 4 is 11.6 Å². The van der Waals surface area contributed by atoms with Gasteiger partial charge in [0.15, 0.2) is 5.69 Å². The number of aryl methyl sites for hydroxylation is 1. The molecule has 0 radical (unpaired) electrons. The number of aliphatic hydroxyl groups excluding tert-OH is 1. The van der Waals surface area contributed by atoms with E-state index in [1.54, 1.807) is 6.92 Å². The number of nitrogens with zero attached hydrogens (tertiary/aromatic N) is 3. The van der Waals surface area contributed by atoms with Gasteiger partial charge in [0, 0.05) is 5.02 Å². The summed E-state index contributed by atoms with van der Waals surface area (Å²) in [6.45, 7) is 0.781. The summed E-state index contributed by atoms with van der Waals surface area (Å²) in [7, 11) is 0. The summed E-state index contributed by atoms with van der Waals surface area (Å²) < 4.78 is 39.6. The van der Waals surface area contributed by atoms with E-state index in [1.165, 1.54) is 18.2 Å². The van der Waals surface area contributed by atoms with Gasteiger partial charge in [0.25, 0.3) is 0 Å². The van der Waals surface area contributed by atoms with E-state index in [-0.39, 0.29) is 5.69 Å². The molecule has 1 aromatic carbocycles.